The highest BCUT2D eigenvalue weighted by Crippen LogP contribution is 2.31. The predicted molar refractivity (Wildman–Crippen MR) is 82.5 cm³/mol. The molecule has 3 rings (SSSR count). The molecule has 0 saturated heterocycles. The van der Waals surface area contributed by atoms with E-state index in [1.807, 2.05) is 19.9 Å². The van der Waals surface area contributed by atoms with Gasteiger partial charge in [0.1, 0.15) is 5.75 Å². The highest BCUT2D eigenvalue weighted by atomic mass is 16.3. The fourth-order valence-corrected chi connectivity index (χ4v) is 1.85. The number of hydrogen-bond acceptors (Lipinski definition) is 5. The SMILES string of the molecule is CC.Nc1nnc(-c2ccccc2O)cc1-c1cn[nH]c1. The second-order valence-electron chi connectivity index (χ2n) is 4.03. The molecule has 0 saturated carbocycles. The Morgan fingerprint density at radius 1 is 1.10 bits per heavy atom. The predicted octanol–water partition coefficient (Wildman–Crippen LogP) is 2.85. The molecule has 6 nitrogen and oxygen atoms in total. The molecule has 3 aromatic rings. The molecule has 0 atom stereocenters. The highest BCUT2D eigenvalue weighted by Gasteiger charge is 2.11. The summed E-state index contributed by atoms with van der Waals surface area (Å²) < 4.78 is 0. The molecule has 6 heteroatoms. The van der Waals surface area contributed by atoms with Crippen LogP contribution in [0.3, 0.4) is 0 Å². The molecule has 0 radical (unpaired) electrons. The fraction of sp³-hybridized carbons (Fsp3) is 0.133. The molecule has 4 N–H and O–H groups in total. The third kappa shape index (κ3) is 3.00. The van der Waals surface area contributed by atoms with Gasteiger partial charge >= 0.3 is 0 Å². The monoisotopic (exact) mass is 283 g/mol. The van der Waals surface area contributed by atoms with Crippen LogP contribution in [-0.4, -0.2) is 25.5 Å². The van der Waals surface area contributed by atoms with Crippen molar-refractivity contribution in [3.63, 3.8) is 0 Å². The normalized spacial score (nSPS) is 9.81. The second-order valence-corrected chi connectivity index (χ2v) is 4.03. The molecule has 21 heavy (non-hydrogen) atoms. The van der Waals surface area contributed by atoms with E-state index >= 15 is 0 Å². The quantitative estimate of drug-likeness (QED) is 0.671. The number of nitrogens with one attached hydrogen (secondary N) is 1. The Bertz CT molecular complexity index is 710. The van der Waals surface area contributed by atoms with Crippen molar-refractivity contribution in [2.75, 3.05) is 5.73 Å². The van der Waals surface area contributed by atoms with Crippen LogP contribution in [0.2, 0.25) is 0 Å². The minimum Gasteiger partial charge on any atom is -0.507 e. The first-order chi connectivity index (χ1) is 10.3. The Hall–Kier alpha value is -2.89. The number of hydrogen-bond donors (Lipinski definition) is 3. The number of phenols is 1. The van der Waals surface area contributed by atoms with Gasteiger partial charge in [-0.05, 0) is 18.2 Å². The Labute approximate surface area is 122 Å². The van der Waals surface area contributed by atoms with Gasteiger partial charge in [0.15, 0.2) is 5.82 Å². The number of nitrogen functional groups attached to an aromatic ring is 1. The minimum atomic E-state index is 0.153. The van der Waals surface area contributed by atoms with Crippen molar-refractivity contribution in [2.45, 2.75) is 13.8 Å². The number of rotatable bonds is 2. The third-order valence-electron chi connectivity index (χ3n) is 2.81. The van der Waals surface area contributed by atoms with Gasteiger partial charge in [0.2, 0.25) is 0 Å². The molecule has 0 aliphatic rings. The van der Waals surface area contributed by atoms with E-state index in [1.165, 1.54) is 0 Å². The minimum absolute atomic E-state index is 0.153. The van der Waals surface area contributed by atoms with Crippen molar-refractivity contribution in [3.05, 3.63) is 42.7 Å². The number of anilines is 1. The fourth-order valence-electron chi connectivity index (χ4n) is 1.85. The molecule has 0 aliphatic heterocycles. The average molecular weight is 283 g/mol. The first-order valence-corrected chi connectivity index (χ1v) is 6.66. The first-order valence-electron chi connectivity index (χ1n) is 6.66. The van der Waals surface area contributed by atoms with E-state index in [4.69, 9.17) is 5.73 Å². The second kappa shape index (κ2) is 6.51. The number of benzene rings is 1. The van der Waals surface area contributed by atoms with E-state index in [0.717, 1.165) is 11.1 Å². The lowest BCUT2D eigenvalue weighted by atomic mass is 10.1. The lowest BCUT2D eigenvalue weighted by molar-refractivity contribution is 0.477. The zero-order chi connectivity index (χ0) is 15.2. The van der Waals surface area contributed by atoms with Crippen LogP contribution in [-0.2, 0) is 0 Å². The number of aromatic amines is 1. The molecule has 1 aromatic carbocycles. The van der Waals surface area contributed by atoms with Gasteiger partial charge in [0.25, 0.3) is 0 Å². The van der Waals surface area contributed by atoms with Crippen LogP contribution in [0.15, 0.2) is 42.7 Å². The lowest BCUT2D eigenvalue weighted by Gasteiger charge is -2.06. The Kier molecular flexibility index (Phi) is 4.50. The van der Waals surface area contributed by atoms with Crippen LogP contribution < -0.4 is 5.73 Å². The van der Waals surface area contributed by atoms with E-state index in [-0.39, 0.29) is 5.75 Å². The Morgan fingerprint density at radius 3 is 2.52 bits per heavy atom. The maximum atomic E-state index is 9.84. The van der Waals surface area contributed by atoms with E-state index in [0.29, 0.717) is 17.1 Å². The van der Waals surface area contributed by atoms with Crippen molar-refractivity contribution in [1.82, 2.24) is 20.4 Å². The van der Waals surface area contributed by atoms with Crippen molar-refractivity contribution in [3.8, 4) is 28.1 Å². The number of nitrogens with zero attached hydrogens (tertiary/aromatic N) is 3. The van der Waals surface area contributed by atoms with E-state index in [9.17, 15) is 5.11 Å². The molecule has 0 fully saturated rings. The van der Waals surface area contributed by atoms with E-state index in [1.54, 1.807) is 36.7 Å². The zero-order valence-corrected chi connectivity index (χ0v) is 11.9. The van der Waals surface area contributed by atoms with Crippen LogP contribution in [0.5, 0.6) is 5.75 Å². The van der Waals surface area contributed by atoms with Gasteiger partial charge in [0, 0.05) is 22.9 Å². The summed E-state index contributed by atoms with van der Waals surface area (Å²) in [6.07, 6.45) is 3.38. The number of phenolic OH excluding ortho intramolecular Hbond substituents is 1. The number of para-hydroxylation sites is 1. The van der Waals surface area contributed by atoms with Gasteiger partial charge in [-0.3, -0.25) is 5.10 Å². The molecule has 2 heterocycles. The van der Waals surface area contributed by atoms with Crippen molar-refractivity contribution in [2.24, 2.45) is 0 Å². The summed E-state index contributed by atoms with van der Waals surface area (Å²) in [5.41, 5.74) is 8.54. The zero-order valence-electron chi connectivity index (χ0n) is 11.9. The van der Waals surface area contributed by atoms with Gasteiger partial charge in [0.05, 0.1) is 11.9 Å². The van der Waals surface area contributed by atoms with Crippen molar-refractivity contribution < 1.29 is 5.11 Å². The standard InChI is InChI=1S/C13H11N5O.C2H6/c14-13-10(8-6-15-16-7-8)5-11(17-18-13)9-3-1-2-4-12(9)19;1-2/h1-7,19H,(H2,14,18)(H,15,16);1-2H3. The largest absolute Gasteiger partial charge is 0.507 e. The molecule has 2 aromatic heterocycles. The van der Waals surface area contributed by atoms with Crippen LogP contribution in [0.1, 0.15) is 13.8 Å². The first kappa shape index (κ1) is 14.5. The van der Waals surface area contributed by atoms with Gasteiger partial charge in [-0.2, -0.15) is 5.10 Å². The van der Waals surface area contributed by atoms with Gasteiger partial charge in [-0.1, -0.05) is 26.0 Å². The number of nitrogens with two attached hydrogens (primary N) is 1. The molecule has 0 aliphatic carbocycles. The molecule has 0 bridgehead atoms. The molecule has 0 spiro atoms. The van der Waals surface area contributed by atoms with Gasteiger partial charge in [-0.15, -0.1) is 10.2 Å². The number of H-pyrrole nitrogens is 1. The summed E-state index contributed by atoms with van der Waals surface area (Å²) in [5, 5.41) is 24.4. The summed E-state index contributed by atoms with van der Waals surface area (Å²) in [6.45, 7) is 4.00. The molecule has 0 unspecified atom stereocenters. The van der Waals surface area contributed by atoms with Crippen molar-refractivity contribution in [1.29, 1.82) is 0 Å². The maximum absolute atomic E-state index is 9.84. The third-order valence-corrected chi connectivity index (χ3v) is 2.81. The molecular weight excluding hydrogens is 266 g/mol. The van der Waals surface area contributed by atoms with E-state index < -0.39 is 0 Å². The molecule has 108 valence electrons. The van der Waals surface area contributed by atoms with Crippen LogP contribution in [0.25, 0.3) is 22.4 Å². The molecule has 0 amide bonds. The Morgan fingerprint density at radius 2 is 1.86 bits per heavy atom. The summed E-state index contributed by atoms with van der Waals surface area (Å²) in [5.74, 6) is 0.472. The summed E-state index contributed by atoms with van der Waals surface area (Å²) in [4.78, 5) is 0. The maximum Gasteiger partial charge on any atom is 0.154 e. The van der Waals surface area contributed by atoms with Crippen LogP contribution in [0.4, 0.5) is 5.82 Å². The summed E-state index contributed by atoms with van der Waals surface area (Å²) in [7, 11) is 0. The lowest BCUT2D eigenvalue weighted by Crippen LogP contribution is -1.98. The van der Waals surface area contributed by atoms with Crippen LogP contribution >= 0.6 is 0 Å². The van der Waals surface area contributed by atoms with Crippen molar-refractivity contribution >= 4 is 5.82 Å². The smallest absolute Gasteiger partial charge is 0.154 e. The number of aromatic hydroxyl groups is 1. The van der Waals surface area contributed by atoms with Crippen LogP contribution in [0, 0.1) is 0 Å². The topological polar surface area (TPSA) is 101 Å². The summed E-state index contributed by atoms with van der Waals surface area (Å²) >= 11 is 0. The van der Waals surface area contributed by atoms with Gasteiger partial charge < -0.3 is 10.8 Å². The van der Waals surface area contributed by atoms with E-state index in [2.05, 4.69) is 20.4 Å². The van der Waals surface area contributed by atoms with Gasteiger partial charge in [-0.25, -0.2) is 0 Å². The summed E-state index contributed by atoms with van der Waals surface area (Å²) in [6, 6.07) is 8.73. The Balaban J connectivity index is 0.000000774. The highest BCUT2D eigenvalue weighted by molar-refractivity contribution is 5.78. The average Bonchev–Trinajstić information content (AvgIpc) is 3.05. The molecular formula is C15H17N5O. The number of aromatic nitrogens is 4.